The first-order valence-electron chi connectivity index (χ1n) is 15.1. The lowest BCUT2D eigenvalue weighted by molar-refractivity contribution is -0.153. The molecular weight excluding hydrogens is 574 g/mol. The highest BCUT2D eigenvalue weighted by molar-refractivity contribution is 7.89. The number of sulfonamides is 1. The van der Waals surface area contributed by atoms with E-state index in [0.29, 0.717) is 50.6 Å². The Kier molecular flexibility index (Phi) is 9.22. The minimum absolute atomic E-state index is 0.0655. The molecule has 3 heterocycles. The van der Waals surface area contributed by atoms with Gasteiger partial charge in [-0.2, -0.15) is 4.31 Å². The summed E-state index contributed by atoms with van der Waals surface area (Å²) in [5.74, 6) is 0.956. The van der Waals surface area contributed by atoms with Gasteiger partial charge in [-0.15, -0.1) is 0 Å². The fourth-order valence-corrected chi connectivity index (χ4v) is 8.62. The smallest absolute Gasteiger partial charge is 0.407 e. The number of fused-ring (bicyclic) bond motifs is 2. The van der Waals surface area contributed by atoms with E-state index in [-0.39, 0.29) is 35.8 Å². The van der Waals surface area contributed by atoms with Gasteiger partial charge in [0.05, 0.1) is 36.9 Å². The molecule has 7 atom stereocenters. The lowest BCUT2D eigenvalue weighted by atomic mass is 9.78. The molecule has 2 aromatic rings. The minimum Gasteiger partial charge on any atom is -0.497 e. The van der Waals surface area contributed by atoms with Gasteiger partial charge in [0.1, 0.15) is 11.9 Å². The third-order valence-electron chi connectivity index (χ3n) is 9.20. The summed E-state index contributed by atoms with van der Waals surface area (Å²) in [5, 5.41) is 17.8. The van der Waals surface area contributed by atoms with Crippen LogP contribution in [0.5, 0.6) is 5.75 Å². The normalized spacial score (nSPS) is 28.4. The van der Waals surface area contributed by atoms with E-state index in [4.69, 9.17) is 18.9 Å². The third-order valence-corrected chi connectivity index (χ3v) is 11.1. The number of carbonyl (C=O) groups is 1. The van der Waals surface area contributed by atoms with Crippen molar-refractivity contribution in [3.05, 3.63) is 60.2 Å². The van der Waals surface area contributed by atoms with E-state index in [1.54, 1.807) is 12.1 Å². The number of alkyl carbamates (subject to hydrolysis) is 1. The van der Waals surface area contributed by atoms with E-state index in [1.807, 2.05) is 30.3 Å². The van der Waals surface area contributed by atoms with E-state index in [2.05, 4.69) is 10.6 Å². The van der Waals surface area contributed by atoms with Crippen LogP contribution in [0.2, 0.25) is 0 Å². The number of piperidine rings is 1. The third kappa shape index (κ3) is 6.69. The second-order valence-corrected chi connectivity index (χ2v) is 13.9. The molecule has 3 aliphatic heterocycles. The van der Waals surface area contributed by atoms with Crippen molar-refractivity contribution in [2.45, 2.75) is 73.7 Å². The zero-order chi connectivity index (χ0) is 30.0. The molecule has 2 aromatic carbocycles. The Bertz CT molecular complexity index is 1330. The van der Waals surface area contributed by atoms with E-state index < -0.39 is 34.4 Å². The minimum atomic E-state index is -3.97. The Morgan fingerprint density at radius 1 is 1.09 bits per heavy atom. The number of ether oxygens (including phenoxy) is 4. The van der Waals surface area contributed by atoms with Crippen LogP contribution in [0.3, 0.4) is 0 Å². The van der Waals surface area contributed by atoms with Crippen LogP contribution in [0.1, 0.15) is 31.2 Å². The molecule has 5 unspecified atom stereocenters. The van der Waals surface area contributed by atoms with Crippen LogP contribution in [-0.4, -0.2) is 94.0 Å². The van der Waals surface area contributed by atoms with Crippen molar-refractivity contribution in [2.24, 2.45) is 11.8 Å². The number of carbonyl (C=O) groups excluding carboxylic acids is 1. The molecule has 11 nitrogen and oxygen atoms in total. The molecule has 43 heavy (non-hydrogen) atoms. The van der Waals surface area contributed by atoms with E-state index in [9.17, 15) is 18.3 Å². The predicted molar refractivity (Wildman–Crippen MR) is 157 cm³/mol. The first-order chi connectivity index (χ1) is 20.8. The first-order valence-corrected chi connectivity index (χ1v) is 16.6. The summed E-state index contributed by atoms with van der Waals surface area (Å²) in [6.07, 6.45) is 0.463. The van der Waals surface area contributed by atoms with Crippen LogP contribution in [0, 0.1) is 11.8 Å². The molecule has 0 radical (unpaired) electrons. The fraction of sp³-hybridized carbons (Fsp3) is 0.581. The number of rotatable bonds is 11. The molecule has 4 fully saturated rings. The molecule has 1 aliphatic carbocycles. The monoisotopic (exact) mass is 615 g/mol. The Morgan fingerprint density at radius 3 is 2.56 bits per heavy atom. The molecule has 3 saturated heterocycles. The summed E-state index contributed by atoms with van der Waals surface area (Å²) in [7, 11) is -2.45. The van der Waals surface area contributed by atoms with Gasteiger partial charge >= 0.3 is 6.09 Å². The average molecular weight is 616 g/mol. The number of benzene rings is 2. The SMILES string of the molecule is COc1ccc(S(=O)(=O)N(C[C@@H](O)[C@H](Cc2ccccc2)NC(=O)OC2C3COC4OC2CC4C3)C2CCNCC2)cc1. The zero-order valence-corrected chi connectivity index (χ0v) is 25.2. The lowest BCUT2D eigenvalue weighted by Gasteiger charge is -2.38. The number of hydrogen-bond acceptors (Lipinski definition) is 9. The Hall–Kier alpha value is -2.74. The number of nitrogens with zero attached hydrogens (tertiary/aromatic N) is 1. The van der Waals surface area contributed by atoms with Crippen molar-refractivity contribution in [3.8, 4) is 5.75 Å². The second-order valence-electron chi connectivity index (χ2n) is 12.0. The molecule has 0 spiro atoms. The number of amides is 1. The van der Waals surface area contributed by atoms with Crippen LogP contribution in [0.25, 0.3) is 0 Å². The number of aliphatic hydroxyl groups excluding tert-OH is 1. The van der Waals surface area contributed by atoms with Gasteiger partial charge in [-0.1, -0.05) is 30.3 Å². The van der Waals surface area contributed by atoms with Crippen molar-refractivity contribution in [2.75, 3.05) is 33.4 Å². The number of methoxy groups -OCH3 is 1. The molecule has 12 heteroatoms. The van der Waals surface area contributed by atoms with Crippen molar-refractivity contribution in [3.63, 3.8) is 0 Å². The molecule has 4 aliphatic rings. The Labute approximate surface area is 252 Å². The topological polar surface area (TPSA) is 136 Å². The predicted octanol–water partition coefficient (Wildman–Crippen LogP) is 2.29. The van der Waals surface area contributed by atoms with Gasteiger partial charge in [0, 0.05) is 24.4 Å². The van der Waals surface area contributed by atoms with Gasteiger partial charge in [0.2, 0.25) is 10.0 Å². The highest BCUT2D eigenvalue weighted by Crippen LogP contribution is 2.46. The molecule has 3 bridgehead atoms. The largest absolute Gasteiger partial charge is 0.497 e. The van der Waals surface area contributed by atoms with Gasteiger partial charge in [-0.25, -0.2) is 13.2 Å². The first kappa shape index (κ1) is 30.3. The van der Waals surface area contributed by atoms with Crippen LogP contribution < -0.4 is 15.4 Å². The molecule has 234 valence electrons. The summed E-state index contributed by atoms with van der Waals surface area (Å²) in [6, 6.07) is 14.6. The van der Waals surface area contributed by atoms with Crippen molar-refractivity contribution < 1.29 is 37.3 Å². The zero-order valence-electron chi connectivity index (χ0n) is 24.3. The molecular formula is C31H41N3O8S. The van der Waals surface area contributed by atoms with E-state index in [0.717, 1.165) is 18.4 Å². The highest BCUT2D eigenvalue weighted by Gasteiger charge is 2.53. The highest BCUT2D eigenvalue weighted by atomic mass is 32.2. The number of hydrogen-bond donors (Lipinski definition) is 3. The second kappa shape index (κ2) is 13.1. The van der Waals surface area contributed by atoms with Crippen molar-refractivity contribution in [1.29, 1.82) is 0 Å². The van der Waals surface area contributed by atoms with Gasteiger partial charge in [0.15, 0.2) is 6.29 Å². The molecule has 0 aromatic heterocycles. The maximum absolute atomic E-state index is 14.0. The Balaban J connectivity index is 1.21. The summed E-state index contributed by atoms with van der Waals surface area (Å²) in [5.41, 5.74) is 0.893. The van der Waals surface area contributed by atoms with Crippen LogP contribution >= 0.6 is 0 Å². The standard InChI is InChI=1S/C31H41N3O8S/c1-39-24-7-9-25(10-8-24)43(37,38)34(23-11-13-32-14-12-23)18-27(35)26(15-20-5-3-2-4-6-20)33-31(36)42-29-22-16-21-17-28(29)41-30(21)40-19-22/h2-10,21-23,26-30,32,35H,11-19H2,1H3,(H,33,36)/t21?,22?,26-,27+,28?,29?,30?/m0/s1. The average Bonchev–Trinajstić information content (AvgIpc) is 3.33. The maximum atomic E-state index is 14.0. The molecule has 6 rings (SSSR count). The summed E-state index contributed by atoms with van der Waals surface area (Å²) in [4.78, 5) is 13.5. The summed E-state index contributed by atoms with van der Waals surface area (Å²) in [6.45, 7) is 1.64. The van der Waals surface area contributed by atoms with Gasteiger partial charge in [-0.3, -0.25) is 0 Å². The van der Waals surface area contributed by atoms with E-state index in [1.165, 1.54) is 23.5 Å². The maximum Gasteiger partial charge on any atom is 0.407 e. The molecule has 1 amide bonds. The van der Waals surface area contributed by atoms with Crippen LogP contribution in [0.15, 0.2) is 59.5 Å². The van der Waals surface area contributed by atoms with Gasteiger partial charge in [0.25, 0.3) is 0 Å². The van der Waals surface area contributed by atoms with Gasteiger partial charge in [-0.05, 0) is 75.0 Å². The molecule has 1 saturated carbocycles. The molecule has 3 N–H and O–H groups in total. The summed E-state index contributed by atoms with van der Waals surface area (Å²) >= 11 is 0. The number of nitrogens with one attached hydrogen (secondary N) is 2. The Morgan fingerprint density at radius 2 is 1.84 bits per heavy atom. The summed E-state index contributed by atoms with van der Waals surface area (Å²) < 4.78 is 52.3. The van der Waals surface area contributed by atoms with Crippen molar-refractivity contribution in [1.82, 2.24) is 14.9 Å². The van der Waals surface area contributed by atoms with E-state index >= 15 is 0 Å². The quantitative estimate of drug-likeness (QED) is 0.348. The fourth-order valence-electron chi connectivity index (χ4n) is 6.92. The van der Waals surface area contributed by atoms with Crippen LogP contribution in [0.4, 0.5) is 4.79 Å². The van der Waals surface area contributed by atoms with Gasteiger partial charge < -0.3 is 34.7 Å². The number of aliphatic hydroxyl groups is 1. The van der Waals surface area contributed by atoms with Crippen molar-refractivity contribution >= 4 is 16.1 Å². The lowest BCUT2D eigenvalue weighted by Crippen LogP contribution is -2.55. The van der Waals surface area contributed by atoms with Crippen LogP contribution in [-0.2, 0) is 30.7 Å².